The SMILES string of the molecule is C=C(C(C)=O)C(=O)Nc1cc(S(=O)(=O)N(C)C)ccc1Cl. The Morgan fingerprint density at radius 3 is 2.33 bits per heavy atom. The number of carbonyl (C=O) groups is 2. The number of hydrogen-bond donors (Lipinski definition) is 1. The highest BCUT2D eigenvalue weighted by Crippen LogP contribution is 2.26. The maximum Gasteiger partial charge on any atom is 0.258 e. The number of sulfonamides is 1. The summed E-state index contributed by atoms with van der Waals surface area (Å²) in [7, 11) is -0.877. The van der Waals surface area contributed by atoms with Gasteiger partial charge in [-0.2, -0.15) is 0 Å². The summed E-state index contributed by atoms with van der Waals surface area (Å²) in [6.45, 7) is 4.55. The summed E-state index contributed by atoms with van der Waals surface area (Å²) in [6, 6.07) is 3.90. The molecule has 6 nitrogen and oxygen atoms in total. The van der Waals surface area contributed by atoms with Crippen LogP contribution in [0.5, 0.6) is 0 Å². The zero-order valence-electron chi connectivity index (χ0n) is 11.8. The summed E-state index contributed by atoms with van der Waals surface area (Å²) in [5, 5.41) is 2.52. The maximum absolute atomic E-state index is 12.0. The van der Waals surface area contributed by atoms with Crippen LogP contribution in [-0.4, -0.2) is 38.5 Å². The first-order chi connectivity index (χ1) is 9.57. The van der Waals surface area contributed by atoms with Crippen LogP contribution in [0.2, 0.25) is 5.02 Å². The lowest BCUT2D eigenvalue weighted by atomic mass is 10.2. The molecule has 0 radical (unpaired) electrons. The predicted octanol–water partition coefficient (Wildman–Crippen LogP) is 1.67. The molecule has 0 saturated carbocycles. The van der Waals surface area contributed by atoms with Gasteiger partial charge in [-0.25, -0.2) is 12.7 Å². The van der Waals surface area contributed by atoms with Crippen molar-refractivity contribution in [3.05, 3.63) is 35.4 Å². The number of hydrogen-bond acceptors (Lipinski definition) is 4. The lowest BCUT2D eigenvalue weighted by Crippen LogP contribution is -2.23. The average Bonchev–Trinajstić information content (AvgIpc) is 2.39. The highest BCUT2D eigenvalue weighted by Gasteiger charge is 2.20. The number of carbonyl (C=O) groups excluding carboxylic acids is 2. The van der Waals surface area contributed by atoms with Crippen molar-refractivity contribution in [3.63, 3.8) is 0 Å². The van der Waals surface area contributed by atoms with Gasteiger partial charge < -0.3 is 5.32 Å². The Bertz CT molecular complexity index is 711. The number of amides is 1. The molecule has 1 aromatic carbocycles. The summed E-state index contributed by atoms with van der Waals surface area (Å²) in [6.07, 6.45) is 0. The van der Waals surface area contributed by atoms with Crippen molar-refractivity contribution in [1.82, 2.24) is 4.31 Å². The van der Waals surface area contributed by atoms with E-state index in [9.17, 15) is 18.0 Å². The Balaban J connectivity index is 3.19. The number of halogens is 1. The Labute approximate surface area is 128 Å². The van der Waals surface area contributed by atoms with Crippen molar-refractivity contribution >= 4 is 39.0 Å². The van der Waals surface area contributed by atoms with E-state index in [0.717, 1.165) is 4.31 Å². The predicted molar refractivity (Wildman–Crippen MR) is 80.8 cm³/mol. The Morgan fingerprint density at radius 2 is 1.86 bits per heavy atom. The number of Topliss-reactive ketones (excluding diaryl/α,β-unsaturated/α-hetero) is 1. The van der Waals surface area contributed by atoms with E-state index >= 15 is 0 Å². The van der Waals surface area contributed by atoms with Gasteiger partial charge in [0.25, 0.3) is 5.91 Å². The molecular formula is C13H15ClN2O4S. The van der Waals surface area contributed by atoms with Crippen LogP contribution in [0, 0.1) is 0 Å². The van der Waals surface area contributed by atoms with Gasteiger partial charge in [-0.15, -0.1) is 0 Å². The van der Waals surface area contributed by atoms with Crippen LogP contribution in [0.4, 0.5) is 5.69 Å². The van der Waals surface area contributed by atoms with Gasteiger partial charge in [0.15, 0.2) is 5.78 Å². The fraction of sp³-hybridized carbons (Fsp3) is 0.231. The van der Waals surface area contributed by atoms with Crippen molar-refractivity contribution in [2.24, 2.45) is 0 Å². The van der Waals surface area contributed by atoms with Gasteiger partial charge in [0.05, 0.1) is 21.2 Å². The first-order valence-corrected chi connectivity index (χ1v) is 7.62. The number of benzene rings is 1. The fourth-order valence-corrected chi connectivity index (χ4v) is 2.42. The van der Waals surface area contributed by atoms with Crippen molar-refractivity contribution in [2.75, 3.05) is 19.4 Å². The molecule has 0 heterocycles. The van der Waals surface area contributed by atoms with Crippen LogP contribution < -0.4 is 5.32 Å². The summed E-state index contributed by atoms with van der Waals surface area (Å²) in [5.74, 6) is -1.22. The number of ketones is 1. The first-order valence-electron chi connectivity index (χ1n) is 5.80. The van der Waals surface area contributed by atoms with Crippen molar-refractivity contribution in [3.8, 4) is 0 Å². The summed E-state index contributed by atoms with van der Waals surface area (Å²) in [4.78, 5) is 22.8. The number of nitrogens with zero attached hydrogens (tertiary/aromatic N) is 1. The van der Waals surface area contributed by atoms with Crippen LogP contribution >= 0.6 is 11.6 Å². The molecule has 0 fully saturated rings. The molecule has 1 amide bonds. The fourth-order valence-electron chi connectivity index (χ4n) is 1.33. The minimum Gasteiger partial charge on any atom is -0.320 e. The molecule has 0 atom stereocenters. The van der Waals surface area contributed by atoms with E-state index in [2.05, 4.69) is 11.9 Å². The molecule has 1 N–H and O–H groups in total. The molecular weight excluding hydrogens is 316 g/mol. The van der Waals surface area contributed by atoms with Crippen molar-refractivity contribution < 1.29 is 18.0 Å². The monoisotopic (exact) mass is 330 g/mol. The molecule has 1 rings (SSSR count). The molecule has 114 valence electrons. The zero-order chi connectivity index (χ0) is 16.4. The van der Waals surface area contributed by atoms with Crippen LogP contribution in [0.1, 0.15) is 6.92 Å². The zero-order valence-corrected chi connectivity index (χ0v) is 13.4. The summed E-state index contributed by atoms with van der Waals surface area (Å²) >= 11 is 5.92. The van der Waals surface area contributed by atoms with Crippen LogP contribution in [-0.2, 0) is 19.6 Å². The van der Waals surface area contributed by atoms with Crippen LogP contribution in [0.25, 0.3) is 0 Å². The third-order valence-corrected chi connectivity index (χ3v) is 4.80. The second-order valence-corrected chi connectivity index (χ2v) is 6.98. The normalized spacial score (nSPS) is 11.3. The van der Waals surface area contributed by atoms with Gasteiger partial charge in [-0.3, -0.25) is 9.59 Å². The van der Waals surface area contributed by atoms with Crippen molar-refractivity contribution in [2.45, 2.75) is 11.8 Å². The largest absolute Gasteiger partial charge is 0.320 e. The highest BCUT2D eigenvalue weighted by atomic mass is 35.5. The average molecular weight is 331 g/mol. The van der Waals surface area contributed by atoms with Gasteiger partial charge in [0.2, 0.25) is 10.0 Å². The second-order valence-electron chi connectivity index (χ2n) is 4.42. The Kier molecular flexibility index (Phi) is 5.27. The molecule has 0 aliphatic rings. The smallest absolute Gasteiger partial charge is 0.258 e. The summed E-state index contributed by atoms with van der Waals surface area (Å²) < 4.78 is 25.1. The van der Waals surface area contributed by atoms with Gasteiger partial charge >= 0.3 is 0 Å². The lowest BCUT2D eigenvalue weighted by molar-refractivity contribution is -0.118. The third kappa shape index (κ3) is 3.90. The minimum atomic E-state index is -3.65. The molecule has 0 bridgehead atoms. The van der Waals surface area contributed by atoms with E-state index in [0.29, 0.717) is 0 Å². The highest BCUT2D eigenvalue weighted by molar-refractivity contribution is 7.89. The molecule has 0 saturated heterocycles. The molecule has 0 aliphatic carbocycles. The van der Waals surface area contributed by atoms with E-state index < -0.39 is 21.7 Å². The number of anilines is 1. The maximum atomic E-state index is 12.0. The standard InChI is InChI=1S/C13H15ClN2O4S/c1-8(9(2)17)13(18)15-12-7-10(5-6-11(12)14)21(19,20)16(3)4/h5-7H,1H2,2-4H3,(H,15,18). The second kappa shape index (κ2) is 6.38. The topological polar surface area (TPSA) is 83.5 Å². The van der Waals surface area contributed by atoms with E-state index in [1.807, 2.05) is 0 Å². The molecule has 0 aromatic heterocycles. The van der Waals surface area contributed by atoms with E-state index in [1.54, 1.807) is 0 Å². The minimum absolute atomic E-state index is 0.0272. The number of nitrogens with one attached hydrogen (secondary N) is 1. The summed E-state index contributed by atoms with van der Waals surface area (Å²) in [5.41, 5.74) is -0.154. The van der Waals surface area contributed by atoms with Gasteiger partial charge in [0, 0.05) is 14.1 Å². The Morgan fingerprint density at radius 1 is 1.29 bits per heavy atom. The van der Waals surface area contributed by atoms with Crippen LogP contribution in [0.3, 0.4) is 0 Å². The van der Waals surface area contributed by atoms with E-state index in [4.69, 9.17) is 11.6 Å². The number of rotatable bonds is 5. The Hall–Kier alpha value is -1.70. The lowest BCUT2D eigenvalue weighted by Gasteiger charge is -2.14. The van der Waals surface area contributed by atoms with Crippen molar-refractivity contribution in [1.29, 1.82) is 0 Å². The third-order valence-electron chi connectivity index (χ3n) is 2.66. The molecule has 0 aliphatic heterocycles. The molecule has 1 aromatic rings. The molecule has 8 heteroatoms. The van der Waals surface area contributed by atoms with E-state index in [1.165, 1.54) is 39.2 Å². The van der Waals surface area contributed by atoms with Crippen LogP contribution in [0.15, 0.2) is 35.2 Å². The molecule has 0 spiro atoms. The van der Waals surface area contributed by atoms with Gasteiger partial charge in [0.1, 0.15) is 0 Å². The van der Waals surface area contributed by atoms with E-state index in [-0.39, 0.29) is 21.2 Å². The quantitative estimate of drug-likeness (QED) is 0.505. The first kappa shape index (κ1) is 17.4. The van der Waals surface area contributed by atoms with Gasteiger partial charge in [-0.1, -0.05) is 18.2 Å². The van der Waals surface area contributed by atoms with Gasteiger partial charge in [-0.05, 0) is 25.1 Å². The molecule has 21 heavy (non-hydrogen) atoms. The molecule has 0 unspecified atom stereocenters.